The molecule has 136 valence electrons. The third kappa shape index (κ3) is 8.61. The molecule has 24 heavy (non-hydrogen) atoms. The molecule has 0 spiro atoms. The van der Waals surface area contributed by atoms with Gasteiger partial charge in [0.15, 0.2) is 5.82 Å². The van der Waals surface area contributed by atoms with Gasteiger partial charge in [0.25, 0.3) is 5.89 Å². The van der Waals surface area contributed by atoms with Crippen LogP contribution in [-0.2, 0) is 30.4 Å². The number of aryl methyl sites for hydroxylation is 1. The summed E-state index contributed by atoms with van der Waals surface area (Å²) in [5.41, 5.74) is 0. The first-order chi connectivity index (χ1) is 11.5. The van der Waals surface area contributed by atoms with Gasteiger partial charge in [-0.2, -0.15) is 4.98 Å². The first-order valence-corrected chi connectivity index (χ1v) is 8.27. The molecule has 0 amide bonds. The van der Waals surface area contributed by atoms with E-state index >= 15 is 0 Å². The minimum atomic E-state index is -0.531. The Labute approximate surface area is 141 Å². The van der Waals surface area contributed by atoms with E-state index in [2.05, 4.69) is 17.1 Å². The lowest BCUT2D eigenvalue weighted by Gasteiger charge is -2.17. The fourth-order valence-electron chi connectivity index (χ4n) is 2.07. The summed E-state index contributed by atoms with van der Waals surface area (Å²) in [6.45, 7) is 5.62. The summed E-state index contributed by atoms with van der Waals surface area (Å²) >= 11 is 0. The van der Waals surface area contributed by atoms with E-state index in [-0.39, 0.29) is 25.6 Å². The number of unbranched alkanes of at least 4 members (excludes halogenated alkanes) is 2. The molecule has 0 aromatic carbocycles. The normalized spacial score (nSPS) is 12.0. The van der Waals surface area contributed by atoms with E-state index in [4.69, 9.17) is 18.7 Å². The maximum absolute atomic E-state index is 11.9. The van der Waals surface area contributed by atoms with Gasteiger partial charge in [-0.05, 0) is 26.7 Å². The summed E-state index contributed by atoms with van der Waals surface area (Å²) in [7, 11) is 0. The number of rotatable bonds is 12. The van der Waals surface area contributed by atoms with Gasteiger partial charge in [0.05, 0.1) is 13.0 Å². The lowest BCUT2D eigenvalue weighted by Crippen LogP contribution is -2.25. The predicted octanol–water partition coefficient (Wildman–Crippen LogP) is 2.34. The van der Waals surface area contributed by atoms with Gasteiger partial charge < -0.3 is 18.7 Å². The Morgan fingerprint density at radius 1 is 1.21 bits per heavy atom. The first-order valence-electron chi connectivity index (χ1n) is 8.27. The van der Waals surface area contributed by atoms with Gasteiger partial charge in [-0.3, -0.25) is 4.79 Å². The molecule has 0 aliphatic heterocycles. The SMILES string of the molecule is CCCCCC(CC(=O)OCC)OC(=O)COCc1nc(C)no1. The highest BCUT2D eigenvalue weighted by Gasteiger charge is 2.19. The first kappa shape index (κ1) is 20.1. The van der Waals surface area contributed by atoms with E-state index in [1.807, 2.05) is 0 Å². The minimum Gasteiger partial charge on any atom is -0.466 e. The second kappa shape index (κ2) is 11.6. The maximum Gasteiger partial charge on any atom is 0.332 e. The molecule has 0 aliphatic carbocycles. The van der Waals surface area contributed by atoms with Crippen molar-refractivity contribution in [2.24, 2.45) is 0 Å². The Morgan fingerprint density at radius 3 is 2.62 bits per heavy atom. The van der Waals surface area contributed by atoms with Crippen LogP contribution in [0.2, 0.25) is 0 Å². The highest BCUT2D eigenvalue weighted by molar-refractivity contribution is 5.73. The standard InChI is InChI=1S/C16H26N2O6/c1-4-6-7-8-13(9-15(19)22-5-2)23-16(20)11-21-10-14-17-12(3)18-24-14/h13H,4-11H2,1-3H3. The van der Waals surface area contributed by atoms with Crippen LogP contribution >= 0.6 is 0 Å². The van der Waals surface area contributed by atoms with Crippen LogP contribution in [0.25, 0.3) is 0 Å². The van der Waals surface area contributed by atoms with Gasteiger partial charge in [0.1, 0.15) is 19.3 Å². The van der Waals surface area contributed by atoms with E-state index in [1.165, 1.54) is 0 Å². The third-order valence-corrected chi connectivity index (χ3v) is 3.14. The molecule has 8 heteroatoms. The van der Waals surface area contributed by atoms with E-state index in [0.717, 1.165) is 19.3 Å². The second-order valence-electron chi connectivity index (χ2n) is 5.34. The monoisotopic (exact) mass is 342 g/mol. The average molecular weight is 342 g/mol. The van der Waals surface area contributed by atoms with Crippen molar-refractivity contribution >= 4 is 11.9 Å². The van der Waals surface area contributed by atoms with Gasteiger partial charge in [-0.1, -0.05) is 24.9 Å². The molecule has 1 atom stereocenters. The summed E-state index contributed by atoms with van der Waals surface area (Å²) in [6, 6.07) is 0. The van der Waals surface area contributed by atoms with Gasteiger partial charge in [-0.25, -0.2) is 4.79 Å². The molecule has 0 bridgehead atoms. The fraction of sp³-hybridized carbons (Fsp3) is 0.750. The highest BCUT2D eigenvalue weighted by atomic mass is 16.6. The topological polar surface area (TPSA) is 101 Å². The van der Waals surface area contributed by atoms with E-state index in [1.54, 1.807) is 13.8 Å². The Bertz CT molecular complexity index is 503. The maximum atomic E-state index is 11.9. The average Bonchev–Trinajstić information content (AvgIpc) is 2.93. The van der Waals surface area contributed by atoms with Crippen LogP contribution in [0.1, 0.15) is 57.7 Å². The van der Waals surface area contributed by atoms with E-state index < -0.39 is 12.1 Å². The van der Waals surface area contributed by atoms with Crippen LogP contribution in [0.5, 0.6) is 0 Å². The van der Waals surface area contributed by atoms with Crippen LogP contribution < -0.4 is 0 Å². The fourth-order valence-corrected chi connectivity index (χ4v) is 2.07. The van der Waals surface area contributed by atoms with Crippen LogP contribution in [0.3, 0.4) is 0 Å². The number of esters is 2. The molecule has 0 fully saturated rings. The quantitative estimate of drug-likeness (QED) is 0.421. The summed E-state index contributed by atoms with van der Waals surface area (Å²) in [6.07, 6.45) is 3.15. The number of carbonyl (C=O) groups is 2. The van der Waals surface area contributed by atoms with Crippen molar-refractivity contribution < 1.29 is 28.3 Å². The van der Waals surface area contributed by atoms with Crippen LogP contribution in [0, 0.1) is 6.92 Å². The number of aromatic nitrogens is 2. The third-order valence-electron chi connectivity index (χ3n) is 3.14. The predicted molar refractivity (Wildman–Crippen MR) is 84.0 cm³/mol. The Hall–Kier alpha value is -1.96. The molecule has 8 nitrogen and oxygen atoms in total. The number of hydrogen-bond acceptors (Lipinski definition) is 8. The molecule has 0 radical (unpaired) electrons. The van der Waals surface area contributed by atoms with Crippen molar-refractivity contribution in [2.45, 2.75) is 65.6 Å². The molecular weight excluding hydrogens is 316 g/mol. The molecule has 1 heterocycles. The number of ether oxygens (including phenoxy) is 3. The Morgan fingerprint density at radius 2 is 2.00 bits per heavy atom. The summed E-state index contributed by atoms with van der Waals surface area (Å²) < 4.78 is 20.3. The van der Waals surface area contributed by atoms with Gasteiger partial charge in [-0.15, -0.1) is 0 Å². The molecule has 0 aliphatic rings. The van der Waals surface area contributed by atoms with Crippen molar-refractivity contribution in [1.82, 2.24) is 10.1 Å². The smallest absolute Gasteiger partial charge is 0.332 e. The van der Waals surface area contributed by atoms with Crippen LogP contribution in [0.4, 0.5) is 0 Å². The lowest BCUT2D eigenvalue weighted by atomic mass is 10.1. The van der Waals surface area contributed by atoms with Gasteiger partial charge in [0.2, 0.25) is 0 Å². The molecule has 0 N–H and O–H groups in total. The van der Waals surface area contributed by atoms with Gasteiger partial charge in [0, 0.05) is 0 Å². The minimum absolute atomic E-state index is 0.0360. The highest BCUT2D eigenvalue weighted by Crippen LogP contribution is 2.12. The molecular formula is C16H26N2O6. The molecule has 0 saturated carbocycles. The summed E-state index contributed by atoms with van der Waals surface area (Å²) in [5, 5.41) is 3.62. The Kier molecular flexibility index (Phi) is 9.67. The zero-order chi connectivity index (χ0) is 17.8. The molecule has 1 rings (SSSR count). The second-order valence-corrected chi connectivity index (χ2v) is 5.34. The van der Waals surface area contributed by atoms with Crippen LogP contribution in [0.15, 0.2) is 4.52 Å². The molecule has 1 aromatic heterocycles. The largest absolute Gasteiger partial charge is 0.466 e. The molecule has 1 aromatic rings. The Balaban J connectivity index is 2.35. The molecule has 1 unspecified atom stereocenters. The van der Waals surface area contributed by atoms with Crippen molar-refractivity contribution in [3.8, 4) is 0 Å². The lowest BCUT2D eigenvalue weighted by molar-refractivity contribution is -0.159. The van der Waals surface area contributed by atoms with Crippen molar-refractivity contribution in [3.05, 3.63) is 11.7 Å². The summed E-state index contributed by atoms with van der Waals surface area (Å²) in [4.78, 5) is 27.4. The van der Waals surface area contributed by atoms with Crippen molar-refractivity contribution in [1.29, 1.82) is 0 Å². The van der Waals surface area contributed by atoms with E-state index in [9.17, 15) is 9.59 Å². The van der Waals surface area contributed by atoms with E-state index in [0.29, 0.717) is 24.7 Å². The summed E-state index contributed by atoms with van der Waals surface area (Å²) in [5.74, 6) is -0.0981. The zero-order valence-corrected chi connectivity index (χ0v) is 14.6. The number of nitrogens with zero attached hydrogens (tertiary/aromatic N) is 2. The zero-order valence-electron chi connectivity index (χ0n) is 14.6. The van der Waals surface area contributed by atoms with Crippen LogP contribution in [-0.4, -0.2) is 41.4 Å². The molecule has 0 saturated heterocycles. The van der Waals surface area contributed by atoms with Crippen molar-refractivity contribution in [2.75, 3.05) is 13.2 Å². The number of hydrogen-bond donors (Lipinski definition) is 0. The number of carbonyl (C=O) groups excluding carboxylic acids is 2. The van der Waals surface area contributed by atoms with Gasteiger partial charge >= 0.3 is 11.9 Å². The van der Waals surface area contributed by atoms with Crippen molar-refractivity contribution in [3.63, 3.8) is 0 Å².